The normalized spacial score (nSPS) is 11.0. The molecule has 0 bridgehead atoms. The van der Waals surface area contributed by atoms with Crippen molar-refractivity contribution in [2.75, 3.05) is 11.9 Å². The third-order valence-electron chi connectivity index (χ3n) is 2.76. The number of aromatic nitrogens is 5. The first-order valence-corrected chi connectivity index (χ1v) is 6.15. The van der Waals surface area contributed by atoms with E-state index < -0.39 is 0 Å². The quantitative estimate of drug-likeness (QED) is 0.698. The fourth-order valence-corrected chi connectivity index (χ4v) is 1.87. The van der Waals surface area contributed by atoms with Gasteiger partial charge in [-0.05, 0) is 18.6 Å². The molecule has 0 aliphatic carbocycles. The Balaban J connectivity index is 1.55. The van der Waals surface area contributed by atoms with Crippen molar-refractivity contribution in [3.63, 3.8) is 0 Å². The second-order valence-corrected chi connectivity index (χ2v) is 4.20. The molecule has 0 aromatic carbocycles. The molecule has 0 aliphatic rings. The molecule has 98 valence electrons. The number of nitrogens with one attached hydrogen (secondary N) is 1. The van der Waals surface area contributed by atoms with Gasteiger partial charge in [0.2, 0.25) is 5.89 Å². The summed E-state index contributed by atoms with van der Waals surface area (Å²) in [4.78, 5) is 0. The Morgan fingerprint density at radius 2 is 2.16 bits per heavy atom. The van der Waals surface area contributed by atoms with E-state index in [0.29, 0.717) is 11.9 Å². The molecule has 0 spiro atoms. The lowest BCUT2D eigenvalue weighted by Crippen LogP contribution is -2.05. The fraction of sp³-hybridized carbons (Fsp3) is 0.333. The van der Waals surface area contributed by atoms with E-state index >= 15 is 0 Å². The van der Waals surface area contributed by atoms with E-state index in [1.54, 1.807) is 6.92 Å². The highest BCUT2D eigenvalue weighted by Gasteiger charge is 2.05. The zero-order valence-electron chi connectivity index (χ0n) is 10.6. The van der Waals surface area contributed by atoms with Gasteiger partial charge < -0.3 is 9.73 Å². The Bertz CT molecular complexity index is 673. The lowest BCUT2D eigenvalue weighted by atomic mass is 10.3. The summed E-state index contributed by atoms with van der Waals surface area (Å²) in [7, 11) is 0. The lowest BCUT2D eigenvalue weighted by molar-refractivity contribution is 0.530. The van der Waals surface area contributed by atoms with Crippen LogP contribution in [0.2, 0.25) is 0 Å². The van der Waals surface area contributed by atoms with Crippen LogP contribution in [0.5, 0.6) is 0 Å². The van der Waals surface area contributed by atoms with Gasteiger partial charge in [0.05, 0.1) is 0 Å². The molecule has 3 aromatic heterocycles. The SMILES string of the molecule is Cc1nnc(NCCCc2nnc3ccccn23)o1. The van der Waals surface area contributed by atoms with Crippen molar-refractivity contribution >= 4 is 11.7 Å². The molecule has 7 nitrogen and oxygen atoms in total. The number of hydrogen-bond acceptors (Lipinski definition) is 6. The van der Waals surface area contributed by atoms with Crippen LogP contribution in [0.4, 0.5) is 6.01 Å². The number of anilines is 1. The average molecular weight is 258 g/mol. The maximum Gasteiger partial charge on any atom is 0.315 e. The second kappa shape index (κ2) is 5.05. The van der Waals surface area contributed by atoms with Gasteiger partial charge in [-0.15, -0.1) is 15.3 Å². The standard InChI is InChI=1S/C12H14N6O/c1-9-14-17-12(19-9)13-7-4-6-11-16-15-10-5-2-3-8-18(10)11/h2-3,5,8H,4,6-7H2,1H3,(H,13,17). The topological polar surface area (TPSA) is 81.1 Å². The van der Waals surface area contributed by atoms with Gasteiger partial charge in [-0.3, -0.25) is 4.40 Å². The molecular formula is C12H14N6O. The predicted octanol–water partition coefficient (Wildman–Crippen LogP) is 1.47. The largest absolute Gasteiger partial charge is 0.408 e. The predicted molar refractivity (Wildman–Crippen MR) is 68.8 cm³/mol. The van der Waals surface area contributed by atoms with E-state index in [9.17, 15) is 0 Å². The van der Waals surface area contributed by atoms with E-state index in [-0.39, 0.29) is 0 Å². The number of pyridine rings is 1. The number of aryl methyl sites for hydroxylation is 2. The summed E-state index contributed by atoms with van der Waals surface area (Å²) >= 11 is 0. The summed E-state index contributed by atoms with van der Waals surface area (Å²) in [6.07, 6.45) is 3.72. The van der Waals surface area contributed by atoms with Crippen LogP contribution in [-0.4, -0.2) is 31.3 Å². The molecule has 3 aromatic rings. The highest BCUT2D eigenvalue weighted by atomic mass is 16.4. The monoisotopic (exact) mass is 258 g/mol. The van der Waals surface area contributed by atoms with Crippen molar-refractivity contribution in [2.45, 2.75) is 19.8 Å². The van der Waals surface area contributed by atoms with E-state index in [4.69, 9.17) is 4.42 Å². The fourth-order valence-electron chi connectivity index (χ4n) is 1.87. The van der Waals surface area contributed by atoms with E-state index in [1.807, 2.05) is 28.8 Å². The third-order valence-corrected chi connectivity index (χ3v) is 2.76. The zero-order chi connectivity index (χ0) is 13.1. The Morgan fingerprint density at radius 3 is 3.00 bits per heavy atom. The van der Waals surface area contributed by atoms with Crippen molar-refractivity contribution in [2.24, 2.45) is 0 Å². The van der Waals surface area contributed by atoms with Gasteiger partial charge in [0.1, 0.15) is 5.82 Å². The molecule has 3 heterocycles. The highest BCUT2D eigenvalue weighted by Crippen LogP contribution is 2.06. The lowest BCUT2D eigenvalue weighted by Gasteiger charge is -2.01. The molecular weight excluding hydrogens is 244 g/mol. The molecule has 0 saturated heterocycles. The first-order valence-electron chi connectivity index (χ1n) is 6.15. The van der Waals surface area contributed by atoms with E-state index in [1.165, 1.54) is 0 Å². The van der Waals surface area contributed by atoms with Gasteiger partial charge in [0.25, 0.3) is 0 Å². The van der Waals surface area contributed by atoms with Crippen LogP contribution < -0.4 is 5.32 Å². The molecule has 0 amide bonds. The van der Waals surface area contributed by atoms with Crippen LogP contribution in [0, 0.1) is 6.92 Å². The van der Waals surface area contributed by atoms with Gasteiger partial charge >= 0.3 is 6.01 Å². The summed E-state index contributed by atoms with van der Waals surface area (Å²) in [6, 6.07) is 6.33. The molecule has 0 atom stereocenters. The molecule has 0 unspecified atom stereocenters. The molecule has 1 N–H and O–H groups in total. The van der Waals surface area contributed by atoms with Crippen LogP contribution in [0.25, 0.3) is 5.65 Å². The van der Waals surface area contributed by atoms with E-state index in [0.717, 1.165) is 30.9 Å². The van der Waals surface area contributed by atoms with Crippen LogP contribution in [0.1, 0.15) is 18.1 Å². The molecule has 7 heteroatoms. The molecule has 0 aliphatic heterocycles. The molecule has 0 fully saturated rings. The van der Waals surface area contributed by atoms with Crippen molar-refractivity contribution in [1.82, 2.24) is 24.8 Å². The first-order chi connectivity index (χ1) is 9.33. The minimum atomic E-state index is 0.462. The van der Waals surface area contributed by atoms with Gasteiger partial charge in [0, 0.05) is 26.1 Å². The zero-order valence-corrected chi connectivity index (χ0v) is 10.6. The smallest absolute Gasteiger partial charge is 0.315 e. The Hall–Kier alpha value is -2.44. The average Bonchev–Trinajstić information content (AvgIpc) is 3.02. The molecule has 19 heavy (non-hydrogen) atoms. The number of rotatable bonds is 5. The van der Waals surface area contributed by atoms with Crippen LogP contribution in [0.15, 0.2) is 28.8 Å². The summed E-state index contributed by atoms with van der Waals surface area (Å²) in [5, 5.41) is 19.0. The summed E-state index contributed by atoms with van der Waals surface area (Å²) in [5.41, 5.74) is 0.873. The molecule has 3 rings (SSSR count). The Morgan fingerprint density at radius 1 is 1.21 bits per heavy atom. The number of fused-ring (bicyclic) bond motifs is 1. The minimum Gasteiger partial charge on any atom is -0.408 e. The van der Waals surface area contributed by atoms with Crippen LogP contribution in [0.3, 0.4) is 0 Å². The van der Waals surface area contributed by atoms with Gasteiger partial charge in [0.15, 0.2) is 5.65 Å². The van der Waals surface area contributed by atoms with Crippen molar-refractivity contribution < 1.29 is 4.42 Å². The van der Waals surface area contributed by atoms with Crippen molar-refractivity contribution in [3.8, 4) is 0 Å². The van der Waals surface area contributed by atoms with Gasteiger partial charge in [-0.25, -0.2) is 0 Å². The van der Waals surface area contributed by atoms with E-state index in [2.05, 4.69) is 25.7 Å². The summed E-state index contributed by atoms with van der Waals surface area (Å²) < 4.78 is 7.22. The Kier molecular flexibility index (Phi) is 3.09. The maximum atomic E-state index is 5.22. The molecule has 0 saturated carbocycles. The third kappa shape index (κ3) is 2.54. The maximum absolute atomic E-state index is 5.22. The number of nitrogens with zero attached hydrogens (tertiary/aromatic N) is 5. The summed E-state index contributed by atoms with van der Waals surface area (Å²) in [6.45, 7) is 2.52. The summed E-state index contributed by atoms with van der Waals surface area (Å²) in [5.74, 6) is 1.52. The van der Waals surface area contributed by atoms with Crippen molar-refractivity contribution in [3.05, 3.63) is 36.1 Å². The Labute approximate surface area is 109 Å². The number of hydrogen-bond donors (Lipinski definition) is 1. The van der Waals surface area contributed by atoms with Crippen LogP contribution >= 0.6 is 0 Å². The van der Waals surface area contributed by atoms with Crippen LogP contribution in [-0.2, 0) is 6.42 Å². The highest BCUT2D eigenvalue weighted by molar-refractivity contribution is 5.37. The van der Waals surface area contributed by atoms with Gasteiger partial charge in [-0.2, -0.15) is 0 Å². The van der Waals surface area contributed by atoms with Gasteiger partial charge in [-0.1, -0.05) is 11.2 Å². The second-order valence-electron chi connectivity index (χ2n) is 4.20. The minimum absolute atomic E-state index is 0.462. The molecule has 0 radical (unpaired) electrons. The van der Waals surface area contributed by atoms with Crippen molar-refractivity contribution in [1.29, 1.82) is 0 Å². The first kappa shape index (κ1) is 11.6.